The average Bonchev–Trinajstić information content (AvgIpc) is 3.18. The maximum Gasteiger partial charge on any atom is 0.128 e. The third-order valence-electron chi connectivity index (χ3n) is 4.32. The summed E-state index contributed by atoms with van der Waals surface area (Å²) in [6.45, 7) is 6.44. The summed E-state index contributed by atoms with van der Waals surface area (Å²) in [5, 5.41) is 8.98. The normalized spacial score (nSPS) is 17.1. The van der Waals surface area contributed by atoms with Crippen molar-refractivity contribution in [3.63, 3.8) is 0 Å². The largest absolute Gasteiger partial charge is 0.321 e. The van der Waals surface area contributed by atoms with Crippen LogP contribution in [0.4, 0.5) is 0 Å². The van der Waals surface area contributed by atoms with Crippen LogP contribution in [0, 0.1) is 17.2 Å². The van der Waals surface area contributed by atoms with Gasteiger partial charge in [0.05, 0.1) is 28.0 Å². The quantitative estimate of drug-likeness (QED) is 0.787. The van der Waals surface area contributed by atoms with Gasteiger partial charge in [-0.25, -0.2) is 4.98 Å². The molecule has 0 amide bonds. The van der Waals surface area contributed by atoms with Crippen molar-refractivity contribution in [2.75, 3.05) is 0 Å². The zero-order valence-electron chi connectivity index (χ0n) is 12.0. The molecule has 0 bridgehead atoms. The minimum absolute atomic E-state index is 0.0126. The van der Waals surface area contributed by atoms with Crippen LogP contribution in [0.15, 0.2) is 18.2 Å². The first kappa shape index (κ1) is 13.5. The molecule has 20 heavy (non-hydrogen) atoms. The van der Waals surface area contributed by atoms with Crippen LogP contribution in [0.1, 0.15) is 50.4 Å². The Morgan fingerprint density at radius 2 is 2.15 bits per heavy atom. The zero-order valence-corrected chi connectivity index (χ0v) is 12.8. The van der Waals surface area contributed by atoms with Gasteiger partial charge < -0.3 is 4.57 Å². The molecule has 4 heteroatoms. The SMILES string of the molecule is CC(Cl)c1nc2ccc(C#N)cc2n1C(C)(C)C1CC1. The van der Waals surface area contributed by atoms with Crippen molar-refractivity contribution in [2.24, 2.45) is 5.92 Å². The molecule has 0 spiro atoms. The third kappa shape index (κ3) is 1.99. The fraction of sp³-hybridized carbons (Fsp3) is 0.500. The minimum Gasteiger partial charge on any atom is -0.321 e. The van der Waals surface area contributed by atoms with Crippen molar-refractivity contribution in [3.8, 4) is 6.07 Å². The summed E-state index contributed by atoms with van der Waals surface area (Å²) in [4.78, 5) is 4.69. The summed E-state index contributed by atoms with van der Waals surface area (Å²) < 4.78 is 2.25. The maximum absolute atomic E-state index is 9.12. The predicted molar refractivity (Wildman–Crippen MR) is 80.8 cm³/mol. The highest BCUT2D eigenvalue weighted by Gasteiger charge is 2.41. The van der Waals surface area contributed by atoms with Gasteiger partial charge in [-0.3, -0.25) is 0 Å². The van der Waals surface area contributed by atoms with Crippen LogP contribution < -0.4 is 0 Å². The standard InChI is InChI=1S/C16H18ClN3/c1-10(17)15-19-13-7-4-11(9-18)8-14(13)20(15)16(2,3)12-5-6-12/h4,7-8,10,12H,5-6H2,1-3H3. The Morgan fingerprint density at radius 1 is 1.45 bits per heavy atom. The molecule has 1 aliphatic carbocycles. The lowest BCUT2D eigenvalue weighted by atomic mass is 9.97. The lowest BCUT2D eigenvalue weighted by Gasteiger charge is -2.30. The monoisotopic (exact) mass is 287 g/mol. The molecule has 2 aromatic rings. The number of rotatable bonds is 3. The molecule has 1 unspecified atom stereocenters. The summed E-state index contributed by atoms with van der Waals surface area (Å²) in [5.41, 5.74) is 2.59. The molecule has 1 heterocycles. The van der Waals surface area contributed by atoms with Gasteiger partial charge in [-0.1, -0.05) is 0 Å². The van der Waals surface area contributed by atoms with Crippen molar-refractivity contribution in [1.29, 1.82) is 5.26 Å². The summed E-state index contributed by atoms with van der Waals surface area (Å²) in [6.07, 6.45) is 2.50. The average molecular weight is 288 g/mol. The number of fused-ring (bicyclic) bond motifs is 1. The Bertz CT molecular complexity index is 702. The van der Waals surface area contributed by atoms with E-state index in [1.165, 1.54) is 12.8 Å². The first-order valence-electron chi connectivity index (χ1n) is 7.02. The summed E-state index contributed by atoms with van der Waals surface area (Å²) in [7, 11) is 0. The fourth-order valence-corrected chi connectivity index (χ4v) is 3.15. The van der Waals surface area contributed by atoms with Gasteiger partial charge in [0.1, 0.15) is 5.82 Å². The molecule has 0 aliphatic heterocycles. The highest BCUT2D eigenvalue weighted by atomic mass is 35.5. The number of nitrogens with zero attached hydrogens (tertiary/aromatic N) is 3. The first-order valence-corrected chi connectivity index (χ1v) is 7.46. The molecule has 1 aromatic carbocycles. The highest BCUT2D eigenvalue weighted by Crippen LogP contribution is 2.46. The van der Waals surface area contributed by atoms with E-state index >= 15 is 0 Å². The van der Waals surface area contributed by atoms with Crippen LogP contribution in [0.2, 0.25) is 0 Å². The van der Waals surface area contributed by atoms with Gasteiger partial charge in [-0.2, -0.15) is 5.26 Å². The van der Waals surface area contributed by atoms with Gasteiger partial charge in [0.2, 0.25) is 0 Å². The van der Waals surface area contributed by atoms with Gasteiger partial charge in [-0.15, -0.1) is 11.6 Å². The van der Waals surface area contributed by atoms with E-state index in [0.29, 0.717) is 11.5 Å². The van der Waals surface area contributed by atoms with E-state index in [2.05, 4.69) is 29.5 Å². The molecule has 1 aromatic heterocycles. The van der Waals surface area contributed by atoms with E-state index in [1.54, 1.807) is 0 Å². The highest BCUT2D eigenvalue weighted by molar-refractivity contribution is 6.20. The van der Waals surface area contributed by atoms with Crippen LogP contribution in [0.3, 0.4) is 0 Å². The van der Waals surface area contributed by atoms with Crippen molar-refractivity contribution in [3.05, 3.63) is 29.6 Å². The molecule has 0 radical (unpaired) electrons. The van der Waals surface area contributed by atoms with Crippen molar-refractivity contribution in [2.45, 2.75) is 44.5 Å². The Labute approximate surface area is 124 Å². The third-order valence-corrected chi connectivity index (χ3v) is 4.51. The van der Waals surface area contributed by atoms with Crippen LogP contribution in [0.25, 0.3) is 11.0 Å². The number of hydrogen-bond acceptors (Lipinski definition) is 2. The topological polar surface area (TPSA) is 41.6 Å². The van der Waals surface area contributed by atoms with Gasteiger partial charge >= 0.3 is 0 Å². The van der Waals surface area contributed by atoms with Crippen molar-refractivity contribution < 1.29 is 0 Å². The van der Waals surface area contributed by atoms with E-state index in [9.17, 15) is 0 Å². The molecule has 3 nitrogen and oxygen atoms in total. The Balaban J connectivity index is 2.30. The molecule has 0 N–H and O–H groups in total. The predicted octanol–water partition coefficient (Wildman–Crippen LogP) is 4.35. The van der Waals surface area contributed by atoms with Crippen LogP contribution in [-0.4, -0.2) is 9.55 Å². The first-order chi connectivity index (χ1) is 9.45. The summed E-state index contributed by atoms with van der Waals surface area (Å²) in [5.74, 6) is 1.56. The number of benzene rings is 1. The van der Waals surface area contributed by atoms with Crippen LogP contribution >= 0.6 is 11.6 Å². The Morgan fingerprint density at radius 3 is 2.70 bits per heavy atom. The van der Waals surface area contributed by atoms with Crippen LogP contribution in [-0.2, 0) is 5.54 Å². The number of imidazole rings is 1. The molecule has 3 rings (SSSR count). The molecular formula is C16H18ClN3. The van der Waals surface area contributed by atoms with E-state index in [4.69, 9.17) is 16.9 Å². The molecule has 1 atom stereocenters. The molecule has 104 valence electrons. The lowest BCUT2D eigenvalue weighted by Crippen LogP contribution is -2.30. The van der Waals surface area contributed by atoms with Crippen molar-refractivity contribution in [1.82, 2.24) is 9.55 Å². The number of nitriles is 1. The molecule has 0 saturated heterocycles. The second-order valence-electron chi connectivity index (χ2n) is 6.16. The summed E-state index contributed by atoms with van der Waals surface area (Å²) >= 11 is 6.34. The number of aromatic nitrogens is 2. The van der Waals surface area contributed by atoms with Gasteiger partial charge in [0.15, 0.2) is 0 Å². The van der Waals surface area contributed by atoms with E-state index in [0.717, 1.165) is 16.9 Å². The second-order valence-corrected chi connectivity index (χ2v) is 6.82. The molecule has 1 saturated carbocycles. The molecule has 1 aliphatic rings. The Kier molecular flexibility index (Phi) is 3.02. The number of halogens is 1. The second kappa shape index (κ2) is 4.49. The smallest absolute Gasteiger partial charge is 0.128 e. The maximum atomic E-state index is 9.12. The van der Waals surface area contributed by atoms with E-state index in [1.807, 2.05) is 25.1 Å². The summed E-state index contributed by atoms with van der Waals surface area (Å²) in [6, 6.07) is 7.86. The number of alkyl halides is 1. The molecule has 1 fully saturated rings. The molecular weight excluding hydrogens is 270 g/mol. The van der Waals surface area contributed by atoms with E-state index in [-0.39, 0.29) is 10.9 Å². The number of hydrogen-bond donors (Lipinski definition) is 0. The minimum atomic E-state index is -0.147. The van der Waals surface area contributed by atoms with Gasteiger partial charge in [0.25, 0.3) is 0 Å². The van der Waals surface area contributed by atoms with Crippen molar-refractivity contribution >= 4 is 22.6 Å². The fourth-order valence-electron chi connectivity index (χ4n) is 3.01. The lowest BCUT2D eigenvalue weighted by molar-refractivity contribution is 0.304. The van der Waals surface area contributed by atoms with E-state index < -0.39 is 0 Å². The van der Waals surface area contributed by atoms with Gasteiger partial charge in [0, 0.05) is 5.54 Å². The Hall–Kier alpha value is -1.53. The van der Waals surface area contributed by atoms with Crippen LogP contribution in [0.5, 0.6) is 0 Å². The zero-order chi connectivity index (χ0) is 14.5. The van der Waals surface area contributed by atoms with Gasteiger partial charge in [-0.05, 0) is 57.7 Å².